The first kappa shape index (κ1) is 8.51. The van der Waals surface area contributed by atoms with E-state index in [1.807, 2.05) is 13.0 Å². The van der Waals surface area contributed by atoms with Crippen LogP contribution in [0.3, 0.4) is 0 Å². The molecule has 0 bridgehead atoms. The molecular weight excluding hydrogens is 182 g/mol. The molecule has 0 spiro atoms. The maximum absolute atomic E-state index is 11.6. The number of aromatic nitrogens is 1. The molecule has 0 saturated carbocycles. The lowest BCUT2D eigenvalue weighted by Gasteiger charge is -1.96. The van der Waals surface area contributed by atoms with Gasteiger partial charge in [0.15, 0.2) is 0 Å². The first-order valence-electron chi connectivity index (χ1n) is 4.17. The van der Waals surface area contributed by atoms with Gasteiger partial charge in [0.05, 0.1) is 10.1 Å². The van der Waals surface area contributed by atoms with Crippen LogP contribution in [0, 0.1) is 13.8 Å². The van der Waals surface area contributed by atoms with Crippen molar-refractivity contribution < 1.29 is 0 Å². The summed E-state index contributed by atoms with van der Waals surface area (Å²) in [5.74, 6) is 0. The molecule has 0 saturated heterocycles. The monoisotopic (exact) mass is 193 g/mol. The quantitative estimate of drug-likeness (QED) is 0.628. The molecule has 3 heteroatoms. The van der Waals surface area contributed by atoms with Crippen molar-refractivity contribution in [3.05, 3.63) is 33.6 Å². The van der Waals surface area contributed by atoms with Gasteiger partial charge in [-0.3, -0.25) is 8.75 Å². The molecule has 0 unspecified atom stereocenters. The molecule has 1 heterocycles. The van der Waals surface area contributed by atoms with E-state index in [0.29, 0.717) is 0 Å². The Balaban J connectivity index is 2.97. The first-order chi connectivity index (χ1) is 6.09. The molecular formula is C10H11NOS. The van der Waals surface area contributed by atoms with Crippen LogP contribution in [-0.2, 0) is 7.05 Å². The van der Waals surface area contributed by atoms with Gasteiger partial charge >= 0.3 is 0 Å². The molecule has 2 aromatic rings. The molecule has 0 amide bonds. The molecule has 1 aromatic heterocycles. The summed E-state index contributed by atoms with van der Waals surface area (Å²) in [5, 5.41) is 0.843. The third-order valence-electron chi connectivity index (χ3n) is 2.35. The minimum absolute atomic E-state index is 0.114. The topological polar surface area (TPSA) is 22.0 Å². The minimum Gasteiger partial charge on any atom is -0.268 e. The van der Waals surface area contributed by atoms with Gasteiger partial charge in [0, 0.05) is 7.05 Å². The van der Waals surface area contributed by atoms with Crippen molar-refractivity contribution in [2.24, 2.45) is 7.05 Å². The first-order valence-corrected chi connectivity index (χ1v) is 4.94. The SMILES string of the molecule is Cc1cc2sn(C)c(=O)c2cc1C. The molecule has 0 aliphatic heterocycles. The van der Waals surface area contributed by atoms with Gasteiger partial charge in [0.2, 0.25) is 0 Å². The number of nitrogens with zero attached hydrogens (tertiary/aromatic N) is 1. The van der Waals surface area contributed by atoms with Gasteiger partial charge in [0.25, 0.3) is 5.56 Å². The van der Waals surface area contributed by atoms with Crippen LogP contribution in [0.5, 0.6) is 0 Å². The summed E-state index contributed by atoms with van der Waals surface area (Å²) in [4.78, 5) is 11.6. The molecule has 1 aromatic carbocycles. The minimum atomic E-state index is 0.114. The van der Waals surface area contributed by atoms with Crippen molar-refractivity contribution in [3.8, 4) is 0 Å². The summed E-state index contributed by atoms with van der Waals surface area (Å²) in [5.41, 5.74) is 2.54. The van der Waals surface area contributed by atoms with Crippen LogP contribution in [0.25, 0.3) is 10.1 Å². The van der Waals surface area contributed by atoms with Crippen LogP contribution in [-0.4, -0.2) is 3.96 Å². The average Bonchev–Trinajstić information content (AvgIpc) is 2.32. The van der Waals surface area contributed by atoms with Crippen LogP contribution in [0.4, 0.5) is 0 Å². The highest BCUT2D eigenvalue weighted by Gasteiger charge is 2.05. The highest BCUT2D eigenvalue weighted by Crippen LogP contribution is 2.20. The Hall–Kier alpha value is -1.09. The fourth-order valence-corrected chi connectivity index (χ4v) is 2.34. The zero-order chi connectivity index (χ0) is 9.59. The third-order valence-corrected chi connectivity index (χ3v) is 3.32. The number of hydrogen-bond acceptors (Lipinski definition) is 2. The van der Waals surface area contributed by atoms with Crippen LogP contribution >= 0.6 is 11.5 Å². The summed E-state index contributed by atoms with van der Waals surface area (Å²) < 4.78 is 2.75. The number of hydrogen-bond donors (Lipinski definition) is 0. The van der Waals surface area contributed by atoms with Crippen molar-refractivity contribution in [2.75, 3.05) is 0 Å². The molecule has 0 fully saturated rings. The molecule has 68 valence electrons. The zero-order valence-corrected chi connectivity index (χ0v) is 8.73. The fraction of sp³-hybridized carbons (Fsp3) is 0.300. The smallest absolute Gasteiger partial charge is 0.268 e. The Kier molecular flexibility index (Phi) is 1.77. The standard InChI is InChI=1S/C10H11NOS/c1-6-4-8-9(5-7(6)2)13-11(3)10(8)12/h4-5H,1-3H3. The highest BCUT2D eigenvalue weighted by molar-refractivity contribution is 7.13. The number of rotatable bonds is 0. The van der Waals surface area contributed by atoms with Gasteiger partial charge in [-0.05, 0) is 37.1 Å². The Labute approximate surface area is 80.6 Å². The third kappa shape index (κ3) is 1.20. The summed E-state index contributed by atoms with van der Waals surface area (Å²) in [6, 6.07) is 4.06. The molecule has 0 aliphatic carbocycles. The molecule has 2 rings (SSSR count). The zero-order valence-electron chi connectivity index (χ0n) is 7.92. The molecule has 0 radical (unpaired) electrons. The van der Waals surface area contributed by atoms with Crippen molar-refractivity contribution in [1.82, 2.24) is 3.96 Å². The lowest BCUT2D eigenvalue weighted by atomic mass is 10.1. The van der Waals surface area contributed by atoms with E-state index in [4.69, 9.17) is 0 Å². The second-order valence-corrected chi connectivity index (χ2v) is 4.50. The predicted molar refractivity (Wildman–Crippen MR) is 56.5 cm³/mol. The van der Waals surface area contributed by atoms with Gasteiger partial charge in [-0.15, -0.1) is 0 Å². The Bertz CT molecular complexity index is 521. The number of aryl methyl sites for hydroxylation is 3. The summed E-state index contributed by atoms with van der Waals surface area (Å²) in [7, 11) is 1.80. The van der Waals surface area contributed by atoms with Crippen molar-refractivity contribution in [3.63, 3.8) is 0 Å². The van der Waals surface area contributed by atoms with Gasteiger partial charge in [-0.1, -0.05) is 11.5 Å². The van der Waals surface area contributed by atoms with E-state index in [1.54, 1.807) is 11.0 Å². The summed E-state index contributed by atoms with van der Waals surface area (Å²) in [6.07, 6.45) is 0. The van der Waals surface area contributed by atoms with Crippen LogP contribution in [0.2, 0.25) is 0 Å². The van der Waals surface area contributed by atoms with E-state index in [9.17, 15) is 4.79 Å². The second kappa shape index (κ2) is 2.70. The van der Waals surface area contributed by atoms with Gasteiger partial charge < -0.3 is 0 Å². The van der Waals surface area contributed by atoms with Crippen molar-refractivity contribution >= 4 is 21.6 Å². The van der Waals surface area contributed by atoms with E-state index >= 15 is 0 Å². The maximum Gasteiger partial charge on any atom is 0.268 e. The predicted octanol–water partition coefficient (Wildman–Crippen LogP) is 2.22. The average molecular weight is 193 g/mol. The van der Waals surface area contributed by atoms with Gasteiger partial charge in [0.1, 0.15) is 0 Å². The lowest BCUT2D eigenvalue weighted by Crippen LogP contribution is -2.07. The van der Waals surface area contributed by atoms with E-state index in [1.165, 1.54) is 22.7 Å². The van der Waals surface area contributed by atoms with E-state index in [0.717, 1.165) is 10.1 Å². The second-order valence-electron chi connectivity index (χ2n) is 3.33. The fourth-order valence-electron chi connectivity index (χ4n) is 1.39. The molecule has 0 N–H and O–H groups in total. The number of fused-ring (bicyclic) bond motifs is 1. The molecule has 13 heavy (non-hydrogen) atoms. The van der Waals surface area contributed by atoms with E-state index < -0.39 is 0 Å². The van der Waals surface area contributed by atoms with E-state index in [2.05, 4.69) is 13.0 Å². The van der Waals surface area contributed by atoms with Crippen LogP contribution < -0.4 is 5.56 Å². The normalized spacial score (nSPS) is 11.0. The lowest BCUT2D eigenvalue weighted by molar-refractivity contribution is 0.989. The van der Waals surface area contributed by atoms with Crippen LogP contribution in [0.15, 0.2) is 16.9 Å². The Morgan fingerprint density at radius 1 is 1.23 bits per heavy atom. The van der Waals surface area contributed by atoms with Crippen molar-refractivity contribution in [2.45, 2.75) is 13.8 Å². The summed E-state index contributed by atoms with van der Waals surface area (Å²) in [6.45, 7) is 4.10. The molecule has 0 aliphatic rings. The maximum atomic E-state index is 11.6. The molecule has 2 nitrogen and oxygen atoms in total. The Morgan fingerprint density at radius 3 is 2.54 bits per heavy atom. The Morgan fingerprint density at radius 2 is 1.85 bits per heavy atom. The largest absolute Gasteiger partial charge is 0.268 e. The van der Waals surface area contributed by atoms with Gasteiger partial charge in [-0.25, -0.2) is 0 Å². The highest BCUT2D eigenvalue weighted by atomic mass is 32.1. The van der Waals surface area contributed by atoms with Gasteiger partial charge in [-0.2, -0.15) is 0 Å². The van der Waals surface area contributed by atoms with Crippen molar-refractivity contribution in [1.29, 1.82) is 0 Å². The van der Waals surface area contributed by atoms with Crippen LogP contribution in [0.1, 0.15) is 11.1 Å². The number of benzene rings is 1. The summed E-state index contributed by atoms with van der Waals surface area (Å²) >= 11 is 1.51. The molecule has 0 atom stereocenters. The van der Waals surface area contributed by atoms with E-state index in [-0.39, 0.29) is 5.56 Å².